The van der Waals surface area contributed by atoms with Crippen LogP contribution in [0, 0.1) is 6.92 Å². The molecule has 3 atom stereocenters. The minimum atomic E-state index is -1.07. The van der Waals surface area contributed by atoms with Crippen LogP contribution in [0.2, 0.25) is 0 Å². The van der Waals surface area contributed by atoms with Crippen LogP contribution in [-0.2, 0) is 30.3 Å². The Balaban J connectivity index is 2.54. The number of nitrogens with zero attached hydrogens (tertiary/aromatic N) is 1. The van der Waals surface area contributed by atoms with Gasteiger partial charge in [-0.15, -0.1) is 0 Å². The van der Waals surface area contributed by atoms with E-state index in [0.717, 1.165) is 36.8 Å². The quantitative estimate of drug-likeness (QED) is 0.164. The lowest BCUT2D eigenvalue weighted by Gasteiger charge is -2.35. The molecular formula is C37H55N3O6. The van der Waals surface area contributed by atoms with Crippen LogP contribution in [0.3, 0.4) is 0 Å². The number of aryl methyl sites for hydroxylation is 1. The van der Waals surface area contributed by atoms with Crippen LogP contribution in [0.4, 0.5) is 4.79 Å². The molecule has 9 nitrogen and oxygen atoms in total. The molecule has 0 heterocycles. The summed E-state index contributed by atoms with van der Waals surface area (Å²) >= 11 is 0. The Morgan fingerprint density at radius 1 is 0.783 bits per heavy atom. The van der Waals surface area contributed by atoms with Crippen molar-refractivity contribution in [1.82, 2.24) is 15.5 Å². The number of benzene rings is 2. The molecule has 0 fully saturated rings. The van der Waals surface area contributed by atoms with Crippen LogP contribution in [-0.4, -0.2) is 58.6 Å². The minimum Gasteiger partial charge on any atom is -0.458 e. The van der Waals surface area contributed by atoms with Gasteiger partial charge in [0.25, 0.3) is 0 Å². The van der Waals surface area contributed by atoms with Gasteiger partial charge in [-0.25, -0.2) is 9.59 Å². The summed E-state index contributed by atoms with van der Waals surface area (Å²) in [6, 6.07) is 13.8. The van der Waals surface area contributed by atoms with Gasteiger partial charge in [0.15, 0.2) is 0 Å². The van der Waals surface area contributed by atoms with Gasteiger partial charge in [0.2, 0.25) is 11.8 Å². The van der Waals surface area contributed by atoms with E-state index >= 15 is 0 Å². The molecule has 3 amide bonds. The predicted molar refractivity (Wildman–Crippen MR) is 181 cm³/mol. The fourth-order valence-corrected chi connectivity index (χ4v) is 5.06. The van der Waals surface area contributed by atoms with Gasteiger partial charge in [0.1, 0.15) is 29.3 Å². The number of rotatable bonds is 15. The lowest BCUT2D eigenvalue weighted by molar-refractivity contribution is -0.159. The van der Waals surface area contributed by atoms with E-state index in [-0.39, 0.29) is 13.0 Å². The third kappa shape index (κ3) is 13.2. The number of hydrogen-bond acceptors (Lipinski definition) is 6. The van der Waals surface area contributed by atoms with E-state index in [9.17, 15) is 19.2 Å². The second-order valence-corrected chi connectivity index (χ2v) is 13.9. The van der Waals surface area contributed by atoms with E-state index in [2.05, 4.69) is 17.6 Å². The molecule has 46 heavy (non-hydrogen) atoms. The molecule has 0 spiro atoms. The predicted octanol–water partition coefficient (Wildman–Crippen LogP) is 6.82. The zero-order valence-electron chi connectivity index (χ0n) is 29.3. The maximum Gasteiger partial charge on any atom is 0.408 e. The Morgan fingerprint density at radius 2 is 1.37 bits per heavy atom. The van der Waals surface area contributed by atoms with Crippen molar-refractivity contribution >= 4 is 23.9 Å². The summed E-state index contributed by atoms with van der Waals surface area (Å²) in [7, 11) is 0. The van der Waals surface area contributed by atoms with Crippen molar-refractivity contribution in [2.75, 3.05) is 6.54 Å². The first-order valence-electron chi connectivity index (χ1n) is 16.4. The van der Waals surface area contributed by atoms with E-state index in [1.54, 1.807) is 48.5 Å². The van der Waals surface area contributed by atoms with Crippen LogP contribution in [0.15, 0.2) is 54.6 Å². The van der Waals surface area contributed by atoms with Crippen molar-refractivity contribution in [2.24, 2.45) is 0 Å². The van der Waals surface area contributed by atoms with Gasteiger partial charge in [0, 0.05) is 13.0 Å². The third-order valence-electron chi connectivity index (χ3n) is 7.22. The number of alkyl carbamates (subject to hydrolysis) is 1. The second kappa shape index (κ2) is 17.7. The standard InChI is InChI=1S/C37H55N3O6/c1-10-11-12-13-19-24-40(33(42)27(3)38-35(44)46-37(7,8)9)31(29-23-18-17-20-26(29)2)32(41)39-30(34(43)45-36(4,5)6)25-28-21-15-14-16-22-28/h14-18,20-23,27,30-31H,10-13,19,24-25H2,1-9H3,(H,38,44)(H,39,41). The summed E-state index contributed by atoms with van der Waals surface area (Å²) in [5, 5.41) is 5.60. The number of hydrogen-bond donors (Lipinski definition) is 2. The summed E-state index contributed by atoms with van der Waals surface area (Å²) < 4.78 is 11.1. The SMILES string of the molecule is CCCCCCCN(C(=O)C(C)NC(=O)OC(C)(C)C)C(C(=O)NC(Cc1ccccc1)C(=O)OC(C)(C)C)c1ccccc1C. The summed E-state index contributed by atoms with van der Waals surface area (Å²) in [6.07, 6.45) is 4.18. The Labute approximate surface area is 275 Å². The molecule has 254 valence electrons. The molecule has 0 saturated heterocycles. The third-order valence-corrected chi connectivity index (χ3v) is 7.22. The van der Waals surface area contributed by atoms with Gasteiger partial charge in [-0.05, 0) is 78.5 Å². The van der Waals surface area contributed by atoms with E-state index in [4.69, 9.17) is 9.47 Å². The molecule has 0 aromatic heterocycles. The normalized spacial score (nSPS) is 13.6. The summed E-state index contributed by atoms with van der Waals surface area (Å²) in [6.45, 7) is 16.5. The average Bonchev–Trinajstić information content (AvgIpc) is 2.95. The van der Waals surface area contributed by atoms with Crippen molar-refractivity contribution < 1.29 is 28.7 Å². The van der Waals surface area contributed by atoms with Gasteiger partial charge in [-0.1, -0.05) is 87.2 Å². The molecule has 3 unspecified atom stereocenters. The van der Waals surface area contributed by atoms with Gasteiger partial charge >= 0.3 is 12.1 Å². The largest absolute Gasteiger partial charge is 0.458 e. The maximum absolute atomic E-state index is 14.5. The number of carbonyl (C=O) groups excluding carboxylic acids is 4. The number of carbonyl (C=O) groups is 4. The molecule has 2 rings (SSSR count). The van der Waals surface area contributed by atoms with Gasteiger partial charge in [-0.3, -0.25) is 9.59 Å². The van der Waals surface area contributed by atoms with Crippen molar-refractivity contribution in [3.8, 4) is 0 Å². The fourth-order valence-electron chi connectivity index (χ4n) is 5.06. The van der Waals surface area contributed by atoms with Crippen LogP contribution >= 0.6 is 0 Å². The first kappa shape index (κ1) is 38.3. The highest BCUT2D eigenvalue weighted by Crippen LogP contribution is 2.27. The average molecular weight is 638 g/mol. The molecule has 0 aliphatic heterocycles. The Bertz CT molecular complexity index is 1280. The first-order chi connectivity index (χ1) is 21.5. The molecule has 2 N–H and O–H groups in total. The molecule has 0 bridgehead atoms. The fraction of sp³-hybridized carbons (Fsp3) is 0.568. The smallest absolute Gasteiger partial charge is 0.408 e. The van der Waals surface area contributed by atoms with E-state index in [1.807, 2.05) is 61.5 Å². The van der Waals surface area contributed by atoms with Crippen LogP contribution in [0.25, 0.3) is 0 Å². The molecule has 0 aliphatic carbocycles. The van der Waals surface area contributed by atoms with Gasteiger partial charge < -0.3 is 25.0 Å². The highest BCUT2D eigenvalue weighted by atomic mass is 16.6. The second-order valence-electron chi connectivity index (χ2n) is 13.9. The number of esters is 1. The van der Waals surface area contributed by atoms with Crippen LogP contribution in [0.1, 0.15) is 110 Å². The van der Waals surface area contributed by atoms with Gasteiger partial charge in [-0.2, -0.15) is 0 Å². The molecule has 2 aromatic carbocycles. The molecule has 0 aliphatic rings. The molecular weight excluding hydrogens is 582 g/mol. The molecule has 0 radical (unpaired) electrons. The number of nitrogens with one attached hydrogen (secondary N) is 2. The van der Waals surface area contributed by atoms with Crippen LogP contribution in [0.5, 0.6) is 0 Å². The van der Waals surface area contributed by atoms with Crippen molar-refractivity contribution in [1.29, 1.82) is 0 Å². The highest BCUT2D eigenvalue weighted by Gasteiger charge is 2.37. The lowest BCUT2D eigenvalue weighted by atomic mass is 9.97. The number of ether oxygens (including phenoxy) is 2. The van der Waals surface area contributed by atoms with Crippen molar-refractivity contribution in [2.45, 2.75) is 130 Å². The lowest BCUT2D eigenvalue weighted by Crippen LogP contribution is -2.54. The zero-order chi connectivity index (χ0) is 34.5. The topological polar surface area (TPSA) is 114 Å². The Kier molecular flexibility index (Phi) is 14.8. The Morgan fingerprint density at radius 3 is 1.96 bits per heavy atom. The number of unbranched alkanes of at least 4 members (excludes halogenated alkanes) is 4. The van der Waals surface area contributed by atoms with E-state index in [1.165, 1.54) is 4.90 Å². The molecule has 2 aromatic rings. The molecule has 9 heteroatoms. The summed E-state index contributed by atoms with van der Waals surface area (Å²) in [5.41, 5.74) is 0.787. The number of amides is 3. The monoisotopic (exact) mass is 637 g/mol. The minimum absolute atomic E-state index is 0.212. The maximum atomic E-state index is 14.5. The van der Waals surface area contributed by atoms with E-state index < -0.39 is 53.2 Å². The van der Waals surface area contributed by atoms with Crippen molar-refractivity contribution in [3.05, 3.63) is 71.3 Å². The van der Waals surface area contributed by atoms with Crippen molar-refractivity contribution in [3.63, 3.8) is 0 Å². The summed E-state index contributed by atoms with van der Waals surface area (Å²) in [4.78, 5) is 56.3. The van der Waals surface area contributed by atoms with Gasteiger partial charge in [0.05, 0.1) is 0 Å². The first-order valence-corrected chi connectivity index (χ1v) is 16.4. The van der Waals surface area contributed by atoms with E-state index in [0.29, 0.717) is 12.0 Å². The van der Waals surface area contributed by atoms with Crippen LogP contribution < -0.4 is 10.6 Å². The summed E-state index contributed by atoms with van der Waals surface area (Å²) in [5.74, 6) is -1.50. The zero-order valence-corrected chi connectivity index (χ0v) is 29.3. The Hall–Kier alpha value is -3.88. The molecule has 0 saturated carbocycles. The highest BCUT2D eigenvalue weighted by molar-refractivity contribution is 5.94.